The number of nitrogens with two attached hydrogens (primary N) is 1. The molecular formula is C13H18BrNO3. The van der Waals surface area contributed by atoms with Gasteiger partial charge < -0.3 is 15.2 Å². The van der Waals surface area contributed by atoms with Crippen LogP contribution in [0.4, 0.5) is 5.69 Å². The molecule has 2 N–H and O–H groups in total. The molecule has 5 heteroatoms. The number of rotatable bonds is 7. The number of ether oxygens (including phenoxy) is 2. The molecule has 1 rings (SSSR count). The highest BCUT2D eigenvalue weighted by Crippen LogP contribution is 2.31. The van der Waals surface area contributed by atoms with E-state index >= 15 is 0 Å². The van der Waals surface area contributed by atoms with Crippen LogP contribution in [0, 0.1) is 0 Å². The zero-order valence-electron chi connectivity index (χ0n) is 10.7. The first-order valence-electron chi connectivity index (χ1n) is 5.86. The number of carbonyl (C=O) groups excluding carboxylic acids is 1. The van der Waals surface area contributed by atoms with Gasteiger partial charge in [0, 0.05) is 11.1 Å². The number of halogens is 1. The van der Waals surface area contributed by atoms with Crippen LogP contribution in [-0.4, -0.2) is 25.6 Å². The van der Waals surface area contributed by atoms with Crippen molar-refractivity contribution in [3.8, 4) is 5.75 Å². The topological polar surface area (TPSA) is 61.6 Å². The van der Waals surface area contributed by atoms with Crippen LogP contribution >= 0.6 is 15.9 Å². The number of Topliss-reactive ketones (excluding diaryl/α,β-unsaturated/α-hetero) is 1. The Kier molecular flexibility index (Phi) is 6.15. The van der Waals surface area contributed by atoms with Crippen LogP contribution in [0.1, 0.15) is 30.6 Å². The van der Waals surface area contributed by atoms with E-state index in [1.54, 1.807) is 12.1 Å². The lowest BCUT2D eigenvalue weighted by Crippen LogP contribution is -2.11. The normalized spacial score (nSPS) is 10.4. The molecule has 0 bridgehead atoms. The van der Waals surface area contributed by atoms with E-state index in [-0.39, 0.29) is 5.78 Å². The Bertz CT molecular complexity index is 421. The van der Waals surface area contributed by atoms with Gasteiger partial charge in [0.15, 0.2) is 11.5 Å². The van der Waals surface area contributed by atoms with Crippen molar-refractivity contribution in [2.75, 3.05) is 25.6 Å². The summed E-state index contributed by atoms with van der Waals surface area (Å²) in [5, 5.41) is 0. The third-order valence-corrected chi connectivity index (χ3v) is 2.74. The molecule has 0 saturated heterocycles. The van der Waals surface area contributed by atoms with Gasteiger partial charge in [0.2, 0.25) is 0 Å². The average molecular weight is 316 g/mol. The molecule has 0 aliphatic rings. The molecule has 0 aliphatic carbocycles. The smallest absolute Gasteiger partial charge is 0.163 e. The largest absolute Gasteiger partial charge is 0.488 e. The molecule has 0 radical (unpaired) electrons. The molecule has 4 nitrogen and oxygen atoms in total. The van der Waals surface area contributed by atoms with Crippen LogP contribution < -0.4 is 10.5 Å². The number of hydrogen-bond donors (Lipinski definition) is 1. The minimum absolute atomic E-state index is 0.0764. The molecular weight excluding hydrogens is 298 g/mol. The van der Waals surface area contributed by atoms with Gasteiger partial charge in [-0.25, -0.2) is 0 Å². The Morgan fingerprint density at radius 2 is 2.06 bits per heavy atom. The fourth-order valence-corrected chi connectivity index (χ4v) is 1.96. The van der Waals surface area contributed by atoms with E-state index in [1.165, 1.54) is 6.92 Å². The van der Waals surface area contributed by atoms with Gasteiger partial charge in [0.1, 0.15) is 6.61 Å². The van der Waals surface area contributed by atoms with Gasteiger partial charge in [-0.15, -0.1) is 0 Å². The Hall–Kier alpha value is -1.07. The molecule has 0 fully saturated rings. The van der Waals surface area contributed by atoms with E-state index in [4.69, 9.17) is 15.2 Å². The maximum atomic E-state index is 11.5. The summed E-state index contributed by atoms with van der Waals surface area (Å²) in [6, 6.07) is 3.43. The standard InChI is InChI=1S/C13H18BrNO3/c1-3-4-17-5-6-18-13-11(9(2)16)7-10(14)8-12(13)15/h7-8H,3-6,15H2,1-2H3. The van der Waals surface area contributed by atoms with Crippen LogP contribution in [0.25, 0.3) is 0 Å². The lowest BCUT2D eigenvalue weighted by Gasteiger charge is -2.13. The van der Waals surface area contributed by atoms with Crippen molar-refractivity contribution < 1.29 is 14.3 Å². The van der Waals surface area contributed by atoms with Crippen LogP contribution in [0.15, 0.2) is 16.6 Å². The lowest BCUT2D eigenvalue weighted by molar-refractivity contribution is 0.0964. The summed E-state index contributed by atoms with van der Waals surface area (Å²) in [4.78, 5) is 11.5. The second-order valence-corrected chi connectivity index (χ2v) is 4.80. The number of hydrogen-bond acceptors (Lipinski definition) is 4. The van der Waals surface area contributed by atoms with Crippen LogP contribution in [0.2, 0.25) is 0 Å². The zero-order chi connectivity index (χ0) is 13.5. The Labute approximate surface area is 116 Å². The maximum Gasteiger partial charge on any atom is 0.163 e. The highest BCUT2D eigenvalue weighted by molar-refractivity contribution is 9.10. The van der Waals surface area contributed by atoms with Crippen molar-refractivity contribution in [3.05, 3.63) is 22.2 Å². The molecule has 0 spiro atoms. The SMILES string of the molecule is CCCOCCOc1c(N)cc(Br)cc1C(C)=O. The quantitative estimate of drug-likeness (QED) is 0.477. The molecule has 0 aliphatic heterocycles. The molecule has 0 aromatic heterocycles. The highest BCUT2D eigenvalue weighted by Gasteiger charge is 2.13. The Morgan fingerprint density at radius 1 is 1.33 bits per heavy atom. The third-order valence-electron chi connectivity index (χ3n) is 2.28. The number of carbonyl (C=O) groups is 1. The zero-order valence-corrected chi connectivity index (χ0v) is 12.2. The number of nitrogen functional groups attached to an aromatic ring is 1. The maximum absolute atomic E-state index is 11.5. The highest BCUT2D eigenvalue weighted by atomic mass is 79.9. The van der Waals surface area contributed by atoms with Gasteiger partial charge in [-0.3, -0.25) is 4.79 Å². The molecule has 100 valence electrons. The van der Waals surface area contributed by atoms with Crippen molar-refractivity contribution in [1.29, 1.82) is 0 Å². The van der Waals surface area contributed by atoms with E-state index in [2.05, 4.69) is 15.9 Å². The summed E-state index contributed by atoms with van der Waals surface area (Å²) < 4.78 is 11.6. The summed E-state index contributed by atoms with van der Waals surface area (Å²) in [6.45, 7) is 5.11. The average Bonchev–Trinajstić information content (AvgIpc) is 2.30. The Morgan fingerprint density at radius 3 is 2.67 bits per heavy atom. The predicted molar refractivity (Wildman–Crippen MR) is 75.2 cm³/mol. The van der Waals surface area contributed by atoms with Crippen LogP contribution in [-0.2, 0) is 4.74 Å². The van der Waals surface area contributed by atoms with E-state index in [0.29, 0.717) is 36.8 Å². The first-order valence-corrected chi connectivity index (χ1v) is 6.66. The van der Waals surface area contributed by atoms with Crippen molar-refractivity contribution in [1.82, 2.24) is 0 Å². The van der Waals surface area contributed by atoms with Crippen LogP contribution in [0.5, 0.6) is 5.75 Å². The van der Waals surface area contributed by atoms with E-state index in [9.17, 15) is 4.79 Å². The molecule has 0 saturated carbocycles. The van der Waals surface area contributed by atoms with Crippen LogP contribution in [0.3, 0.4) is 0 Å². The minimum Gasteiger partial charge on any atom is -0.488 e. The number of benzene rings is 1. The fourth-order valence-electron chi connectivity index (χ4n) is 1.49. The van der Waals surface area contributed by atoms with E-state index in [1.807, 2.05) is 6.92 Å². The second-order valence-electron chi connectivity index (χ2n) is 3.89. The van der Waals surface area contributed by atoms with Gasteiger partial charge in [0.25, 0.3) is 0 Å². The number of anilines is 1. The van der Waals surface area contributed by atoms with Crippen molar-refractivity contribution >= 4 is 27.4 Å². The second kappa shape index (κ2) is 7.38. The molecule has 0 heterocycles. The summed E-state index contributed by atoms with van der Waals surface area (Å²) in [7, 11) is 0. The van der Waals surface area contributed by atoms with E-state index in [0.717, 1.165) is 10.9 Å². The molecule has 0 unspecified atom stereocenters. The first kappa shape index (κ1) is 15.0. The summed E-state index contributed by atoms with van der Waals surface area (Å²) in [5.41, 5.74) is 6.79. The van der Waals surface area contributed by atoms with Gasteiger partial charge in [-0.1, -0.05) is 22.9 Å². The molecule has 1 aromatic carbocycles. The molecule has 0 amide bonds. The summed E-state index contributed by atoms with van der Waals surface area (Å²) in [5.74, 6) is 0.360. The van der Waals surface area contributed by atoms with Gasteiger partial charge >= 0.3 is 0 Å². The van der Waals surface area contributed by atoms with Crippen molar-refractivity contribution in [2.24, 2.45) is 0 Å². The minimum atomic E-state index is -0.0764. The first-order chi connectivity index (χ1) is 8.56. The molecule has 1 aromatic rings. The van der Waals surface area contributed by atoms with E-state index < -0.39 is 0 Å². The third kappa shape index (κ3) is 4.31. The summed E-state index contributed by atoms with van der Waals surface area (Å²) >= 11 is 3.31. The Balaban J connectivity index is 2.71. The van der Waals surface area contributed by atoms with Gasteiger partial charge in [-0.05, 0) is 25.5 Å². The molecule has 0 atom stereocenters. The van der Waals surface area contributed by atoms with Gasteiger partial charge in [0.05, 0.1) is 17.9 Å². The number of ketones is 1. The lowest BCUT2D eigenvalue weighted by atomic mass is 10.1. The van der Waals surface area contributed by atoms with Crippen molar-refractivity contribution in [2.45, 2.75) is 20.3 Å². The van der Waals surface area contributed by atoms with Crippen molar-refractivity contribution in [3.63, 3.8) is 0 Å². The van der Waals surface area contributed by atoms with Gasteiger partial charge in [-0.2, -0.15) is 0 Å². The predicted octanol–water partition coefficient (Wildman–Crippen LogP) is 3.04. The fraction of sp³-hybridized carbons (Fsp3) is 0.462. The monoisotopic (exact) mass is 315 g/mol. The summed E-state index contributed by atoms with van der Waals surface area (Å²) in [6.07, 6.45) is 0.971. The molecule has 18 heavy (non-hydrogen) atoms.